The van der Waals surface area contributed by atoms with Gasteiger partial charge in [0.1, 0.15) is 0 Å². The van der Waals surface area contributed by atoms with Gasteiger partial charge in [0, 0.05) is 12.6 Å². The summed E-state index contributed by atoms with van der Waals surface area (Å²) in [6.45, 7) is 1.84. The Bertz CT molecular complexity index is 296. The first-order valence-electron chi connectivity index (χ1n) is 4.81. The standard InChI is InChI=1S/C11H16N2/c1-13-8-9-4-2-3-5-10(9)11(13)6-7-12/h2-5,11H,6-8,12H2,1H3/t11-/m1/s1. The SMILES string of the molecule is CN1Cc2ccccc2[C@H]1CCN. The molecule has 1 aromatic carbocycles. The Hall–Kier alpha value is -0.860. The smallest absolute Gasteiger partial charge is 0.0363 e. The van der Waals surface area contributed by atoms with Gasteiger partial charge in [-0.25, -0.2) is 0 Å². The lowest BCUT2D eigenvalue weighted by atomic mass is 10.0. The topological polar surface area (TPSA) is 29.3 Å². The second-order valence-corrected chi connectivity index (χ2v) is 3.71. The molecular formula is C11H16N2. The third-order valence-electron chi connectivity index (χ3n) is 2.81. The predicted molar refractivity (Wildman–Crippen MR) is 54.3 cm³/mol. The summed E-state index contributed by atoms with van der Waals surface area (Å²) >= 11 is 0. The zero-order valence-corrected chi connectivity index (χ0v) is 8.03. The zero-order chi connectivity index (χ0) is 9.26. The van der Waals surface area contributed by atoms with E-state index < -0.39 is 0 Å². The Morgan fingerprint density at radius 2 is 2.23 bits per heavy atom. The molecule has 1 atom stereocenters. The summed E-state index contributed by atoms with van der Waals surface area (Å²) in [5.74, 6) is 0. The maximum Gasteiger partial charge on any atom is 0.0363 e. The van der Waals surface area contributed by atoms with Crippen LogP contribution in [0.15, 0.2) is 24.3 Å². The van der Waals surface area contributed by atoms with Gasteiger partial charge in [-0.3, -0.25) is 4.90 Å². The van der Waals surface area contributed by atoms with Gasteiger partial charge in [-0.05, 0) is 31.1 Å². The van der Waals surface area contributed by atoms with E-state index in [-0.39, 0.29) is 0 Å². The first kappa shape index (κ1) is 8.73. The maximum absolute atomic E-state index is 5.60. The molecule has 0 bridgehead atoms. The molecule has 0 radical (unpaired) electrons. The minimum atomic E-state index is 0.543. The lowest BCUT2D eigenvalue weighted by Crippen LogP contribution is -2.19. The van der Waals surface area contributed by atoms with Gasteiger partial charge in [0.2, 0.25) is 0 Å². The highest BCUT2D eigenvalue weighted by Crippen LogP contribution is 2.33. The number of nitrogens with two attached hydrogens (primary N) is 1. The van der Waals surface area contributed by atoms with Crippen LogP contribution in [0.1, 0.15) is 23.6 Å². The molecular weight excluding hydrogens is 160 g/mol. The Morgan fingerprint density at radius 1 is 1.46 bits per heavy atom. The third-order valence-corrected chi connectivity index (χ3v) is 2.81. The first-order chi connectivity index (χ1) is 6.33. The fraction of sp³-hybridized carbons (Fsp3) is 0.455. The molecule has 0 spiro atoms. The van der Waals surface area contributed by atoms with Crippen molar-refractivity contribution in [2.75, 3.05) is 13.6 Å². The molecule has 0 aromatic heterocycles. The van der Waals surface area contributed by atoms with Crippen molar-refractivity contribution in [1.29, 1.82) is 0 Å². The Labute approximate surface area is 79.4 Å². The molecule has 2 N–H and O–H groups in total. The fourth-order valence-electron chi connectivity index (χ4n) is 2.15. The van der Waals surface area contributed by atoms with Crippen molar-refractivity contribution in [3.63, 3.8) is 0 Å². The van der Waals surface area contributed by atoms with E-state index in [0.717, 1.165) is 19.5 Å². The predicted octanol–water partition coefficient (Wildman–Crippen LogP) is 1.52. The minimum Gasteiger partial charge on any atom is -0.330 e. The molecule has 0 fully saturated rings. The van der Waals surface area contributed by atoms with Crippen LogP contribution in [0.4, 0.5) is 0 Å². The van der Waals surface area contributed by atoms with Crippen LogP contribution in [-0.2, 0) is 6.54 Å². The molecule has 70 valence electrons. The average molecular weight is 176 g/mol. The van der Waals surface area contributed by atoms with Crippen LogP contribution in [-0.4, -0.2) is 18.5 Å². The largest absolute Gasteiger partial charge is 0.330 e. The van der Waals surface area contributed by atoms with E-state index in [2.05, 4.69) is 36.2 Å². The summed E-state index contributed by atoms with van der Waals surface area (Å²) in [5, 5.41) is 0. The summed E-state index contributed by atoms with van der Waals surface area (Å²) < 4.78 is 0. The van der Waals surface area contributed by atoms with Gasteiger partial charge in [-0.1, -0.05) is 24.3 Å². The Balaban J connectivity index is 2.29. The van der Waals surface area contributed by atoms with E-state index >= 15 is 0 Å². The third kappa shape index (κ3) is 1.47. The Morgan fingerprint density at radius 3 is 3.00 bits per heavy atom. The van der Waals surface area contributed by atoms with E-state index in [0.29, 0.717) is 6.04 Å². The van der Waals surface area contributed by atoms with Gasteiger partial charge in [0.25, 0.3) is 0 Å². The molecule has 13 heavy (non-hydrogen) atoms. The van der Waals surface area contributed by atoms with Crippen LogP contribution >= 0.6 is 0 Å². The van der Waals surface area contributed by atoms with Crippen LogP contribution in [0, 0.1) is 0 Å². The molecule has 1 aliphatic heterocycles. The molecule has 0 saturated heterocycles. The molecule has 0 amide bonds. The second-order valence-electron chi connectivity index (χ2n) is 3.71. The summed E-state index contributed by atoms with van der Waals surface area (Å²) in [4.78, 5) is 2.37. The first-order valence-corrected chi connectivity index (χ1v) is 4.81. The van der Waals surface area contributed by atoms with Crippen molar-refractivity contribution in [1.82, 2.24) is 4.90 Å². The van der Waals surface area contributed by atoms with Gasteiger partial charge in [-0.2, -0.15) is 0 Å². The van der Waals surface area contributed by atoms with Gasteiger partial charge in [0.05, 0.1) is 0 Å². The van der Waals surface area contributed by atoms with E-state index in [1.54, 1.807) is 0 Å². The monoisotopic (exact) mass is 176 g/mol. The van der Waals surface area contributed by atoms with Crippen molar-refractivity contribution >= 4 is 0 Å². The highest BCUT2D eigenvalue weighted by molar-refractivity contribution is 5.33. The zero-order valence-electron chi connectivity index (χ0n) is 8.03. The molecule has 2 rings (SSSR count). The number of nitrogens with zero attached hydrogens (tertiary/aromatic N) is 1. The quantitative estimate of drug-likeness (QED) is 0.740. The van der Waals surface area contributed by atoms with Gasteiger partial charge in [0.15, 0.2) is 0 Å². The highest BCUT2D eigenvalue weighted by atomic mass is 15.1. The molecule has 0 unspecified atom stereocenters. The highest BCUT2D eigenvalue weighted by Gasteiger charge is 2.25. The fourth-order valence-corrected chi connectivity index (χ4v) is 2.15. The lowest BCUT2D eigenvalue weighted by molar-refractivity contribution is 0.258. The molecule has 1 heterocycles. The number of hydrogen-bond donors (Lipinski definition) is 1. The van der Waals surface area contributed by atoms with E-state index in [1.165, 1.54) is 11.1 Å². The van der Waals surface area contributed by atoms with Crippen molar-refractivity contribution in [2.24, 2.45) is 5.73 Å². The van der Waals surface area contributed by atoms with Crippen LogP contribution < -0.4 is 5.73 Å². The normalized spacial score (nSPS) is 21.8. The summed E-state index contributed by atoms with van der Waals surface area (Å²) in [6.07, 6.45) is 1.06. The molecule has 1 aliphatic rings. The van der Waals surface area contributed by atoms with Gasteiger partial charge >= 0.3 is 0 Å². The van der Waals surface area contributed by atoms with E-state index in [1.807, 2.05) is 0 Å². The van der Waals surface area contributed by atoms with Gasteiger partial charge in [-0.15, -0.1) is 0 Å². The number of hydrogen-bond acceptors (Lipinski definition) is 2. The molecule has 0 aliphatic carbocycles. The van der Waals surface area contributed by atoms with Crippen LogP contribution in [0.2, 0.25) is 0 Å². The molecule has 1 aromatic rings. The van der Waals surface area contributed by atoms with Crippen LogP contribution in [0.3, 0.4) is 0 Å². The lowest BCUT2D eigenvalue weighted by Gasteiger charge is -2.19. The van der Waals surface area contributed by atoms with Crippen LogP contribution in [0.5, 0.6) is 0 Å². The van der Waals surface area contributed by atoms with Crippen molar-refractivity contribution in [2.45, 2.75) is 19.0 Å². The molecule has 0 saturated carbocycles. The Kier molecular flexibility index (Phi) is 2.34. The second kappa shape index (κ2) is 3.48. The van der Waals surface area contributed by atoms with E-state index in [4.69, 9.17) is 5.73 Å². The number of benzene rings is 1. The molecule has 2 nitrogen and oxygen atoms in total. The average Bonchev–Trinajstić information content (AvgIpc) is 2.44. The summed E-state index contributed by atoms with van der Waals surface area (Å²) in [7, 11) is 2.17. The number of fused-ring (bicyclic) bond motifs is 1. The number of rotatable bonds is 2. The summed E-state index contributed by atoms with van der Waals surface area (Å²) in [6, 6.07) is 9.20. The van der Waals surface area contributed by atoms with Crippen molar-refractivity contribution < 1.29 is 0 Å². The van der Waals surface area contributed by atoms with Crippen molar-refractivity contribution in [3.05, 3.63) is 35.4 Å². The maximum atomic E-state index is 5.60. The summed E-state index contributed by atoms with van der Waals surface area (Å²) in [5.41, 5.74) is 8.53. The van der Waals surface area contributed by atoms with E-state index in [9.17, 15) is 0 Å². The molecule has 2 heteroatoms. The minimum absolute atomic E-state index is 0.543. The van der Waals surface area contributed by atoms with Gasteiger partial charge < -0.3 is 5.73 Å². The van der Waals surface area contributed by atoms with Crippen LogP contribution in [0.25, 0.3) is 0 Å². The van der Waals surface area contributed by atoms with Crippen molar-refractivity contribution in [3.8, 4) is 0 Å².